The number of amides is 4. The van der Waals surface area contributed by atoms with Gasteiger partial charge in [-0.1, -0.05) is 112 Å². The molecule has 2 saturated carbocycles. The monoisotopic (exact) mass is 595 g/mol. The second-order valence-electron chi connectivity index (χ2n) is 13.3. The Balaban J connectivity index is 1.62. The van der Waals surface area contributed by atoms with Gasteiger partial charge in [0.2, 0.25) is 23.6 Å². The average molecular weight is 596 g/mol. The molecule has 4 fully saturated rings. The quantitative estimate of drug-likeness (QED) is 0.324. The molecule has 44 heavy (non-hydrogen) atoms. The highest BCUT2D eigenvalue weighted by Gasteiger charge is 2.60. The minimum absolute atomic E-state index is 0.170. The van der Waals surface area contributed by atoms with Crippen molar-refractivity contribution in [2.45, 2.75) is 27.7 Å². The van der Waals surface area contributed by atoms with E-state index in [0.717, 1.165) is 16.7 Å². The van der Waals surface area contributed by atoms with Crippen LogP contribution in [-0.2, 0) is 19.2 Å². The molecule has 2 aliphatic carbocycles. The largest absolute Gasteiger partial charge is 0.329 e. The highest BCUT2D eigenvalue weighted by molar-refractivity contribution is 6.07. The first-order valence-electron chi connectivity index (χ1n) is 15.9. The number of imide groups is 2. The summed E-state index contributed by atoms with van der Waals surface area (Å²) in [7, 11) is 1.55. The Hall–Kier alpha value is -3.84. The van der Waals surface area contributed by atoms with Gasteiger partial charge in [0.05, 0.1) is 23.7 Å². The van der Waals surface area contributed by atoms with E-state index < -0.39 is 23.7 Å². The van der Waals surface area contributed by atoms with Crippen LogP contribution in [0.4, 0.5) is 0 Å². The van der Waals surface area contributed by atoms with Crippen LogP contribution in [0.5, 0.6) is 0 Å². The number of allylic oxidation sites excluding steroid dienone is 8. The predicted octanol–water partition coefficient (Wildman–Crippen LogP) is 4.89. The van der Waals surface area contributed by atoms with Crippen molar-refractivity contribution in [1.29, 1.82) is 0 Å². The van der Waals surface area contributed by atoms with Crippen LogP contribution in [0.1, 0.15) is 33.3 Å². The second kappa shape index (κ2) is 12.6. The first kappa shape index (κ1) is 31.6. The summed E-state index contributed by atoms with van der Waals surface area (Å²) < 4.78 is 0. The molecule has 2 saturated heterocycles. The molecule has 4 amide bonds. The Labute approximate surface area is 261 Å². The number of hydrogen-bond acceptors (Lipinski definition) is 5. The minimum Gasteiger partial charge on any atom is -0.329 e. The van der Waals surface area contributed by atoms with Crippen molar-refractivity contribution in [3.63, 3.8) is 0 Å². The Morgan fingerprint density at radius 3 is 1.66 bits per heavy atom. The van der Waals surface area contributed by atoms with Gasteiger partial charge in [-0.25, -0.2) is 0 Å². The third-order valence-electron chi connectivity index (χ3n) is 9.67. The van der Waals surface area contributed by atoms with Crippen LogP contribution in [0.2, 0.25) is 0 Å². The molecule has 8 atom stereocenters. The number of likely N-dealkylation sites (tertiary alicyclic amines) is 2. The van der Waals surface area contributed by atoms with Crippen molar-refractivity contribution in [2.24, 2.45) is 64.9 Å². The van der Waals surface area contributed by atoms with Crippen molar-refractivity contribution in [1.82, 2.24) is 9.80 Å². The van der Waals surface area contributed by atoms with Crippen molar-refractivity contribution < 1.29 is 19.2 Å². The fourth-order valence-corrected chi connectivity index (χ4v) is 7.98. The van der Waals surface area contributed by atoms with Crippen LogP contribution in [0.15, 0.2) is 84.5 Å². The SMILES string of the molecule is C=C[C@H]1/C(=C\C(C)C)[C@@H](/C=C\[C@H]2/C(=C\C(C)C)[C@@H](C=Cc3ccccc3)[C@@H]3C(=O)N(CCN)C(=O)[C@@H]32)[C@@H]2C(=O)N(C)C(=O)[C@@H]21. The van der Waals surface area contributed by atoms with E-state index in [0.29, 0.717) is 0 Å². The molecule has 0 radical (unpaired) electrons. The van der Waals surface area contributed by atoms with Gasteiger partial charge < -0.3 is 5.73 Å². The maximum absolute atomic E-state index is 13.9. The molecule has 0 aromatic heterocycles. The maximum Gasteiger partial charge on any atom is 0.234 e. The average Bonchev–Trinajstić information content (AvgIpc) is 3.61. The second-order valence-corrected chi connectivity index (χ2v) is 13.3. The summed E-state index contributed by atoms with van der Waals surface area (Å²) >= 11 is 0. The van der Waals surface area contributed by atoms with Crippen LogP contribution in [0.3, 0.4) is 0 Å². The number of benzene rings is 1. The molecule has 4 aliphatic rings. The van der Waals surface area contributed by atoms with E-state index in [-0.39, 0.29) is 72.2 Å². The standard InChI is InChI=1S/C37H45N3O4/c1-7-24-28(19-21(2)3)26(31-30(24)34(41)39(6)35(31)42)15-16-27-29(20-22(4)5)25(14-13-23-11-9-8-10-12-23)32-33(27)37(44)40(18-17-38)36(32)43/h7-16,19-22,24-27,30-33H,1,17-18,38H2,2-6H3/b14-13?,16-15-,28-19+,29-20-/t24-,25+,26+,27-,30+,31-,32-,33+/m0/s1. The molecular formula is C37H45N3O4. The third-order valence-corrected chi connectivity index (χ3v) is 9.67. The zero-order chi connectivity index (χ0) is 31.9. The molecule has 5 rings (SSSR count). The Bertz CT molecular complexity index is 1450. The Morgan fingerprint density at radius 1 is 0.727 bits per heavy atom. The molecular weight excluding hydrogens is 550 g/mol. The Morgan fingerprint density at radius 2 is 1.18 bits per heavy atom. The first-order chi connectivity index (χ1) is 21.0. The molecule has 0 unspecified atom stereocenters. The van der Waals surface area contributed by atoms with Crippen LogP contribution >= 0.6 is 0 Å². The van der Waals surface area contributed by atoms with Gasteiger partial charge in [-0.2, -0.15) is 0 Å². The van der Waals surface area contributed by atoms with E-state index in [2.05, 4.69) is 58.6 Å². The fourth-order valence-electron chi connectivity index (χ4n) is 7.98. The molecule has 1 aromatic rings. The summed E-state index contributed by atoms with van der Waals surface area (Å²) in [5, 5.41) is 0. The van der Waals surface area contributed by atoms with E-state index in [1.165, 1.54) is 9.80 Å². The van der Waals surface area contributed by atoms with E-state index >= 15 is 0 Å². The van der Waals surface area contributed by atoms with Crippen molar-refractivity contribution in [3.05, 3.63) is 90.1 Å². The highest BCUT2D eigenvalue weighted by Crippen LogP contribution is 2.55. The van der Waals surface area contributed by atoms with E-state index in [9.17, 15) is 19.2 Å². The lowest BCUT2D eigenvalue weighted by Gasteiger charge is -2.23. The zero-order valence-corrected chi connectivity index (χ0v) is 26.4. The lowest BCUT2D eigenvalue weighted by molar-refractivity contribution is -0.141. The van der Waals surface area contributed by atoms with E-state index in [1.807, 2.05) is 42.5 Å². The number of fused-ring (bicyclic) bond motifs is 2. The van der Waals surface area contributed by atoms with Crippen LogP contribution in [0.25, 0.3) is 6.08 Å². The van der Waals surface area contributed by atoms with E-state index in [4.69, 9.17) is 5.73 Å². The number of carbonyl (C=O) groups excluding carboxylic acids is 4. The van der Waals surface area contributed by atoms with Gasteiger partial charge in [0.25, 0.3) is 0 Å². The number of hydrogen-bond donors (Lipinski definition) is 1. The third kappa shape index (κ3) is 5.36. The van der Waals surface area contributed by atoms with Gasteiger partial charge >= 0.3 is 0 Å². The minimum atomic E-state index is -0.561. The molecule has 1 aromatic carbocycles. The van der Waals surface area contributed by atoms with Gasteiger partial charge in [-0.15, -0.1) is 6.58 Å². The van der Waals surface area contributed by atoms with Gasteiger partial charge in [0, 0.05) is 43.8 Å². The molecule has 0 bridgehead atoms. The lowest BCUT2D eigenvalue weighted by atomic mass is 9.84. The smallest absolute Gasteiger partial charge is 0.234 e. The molecule has 7 nitrogen and oxygen atoms in total. The van der Waals surface area contributed by atoms with Gasteiger partial charge in [0.15, 0.2) is 0 Å². The number of nitrogens with two attached hydrogens (primary N) is 1. The predicted molar refractivity (Wildman–Crippen MR) is 172 cm³/mol. The van der Waals surface area contributed by atoms with Gasteiger partial charge in [0.1, 0.15) is 0 Å². The lowest BCUT2D eigenvalue weighted by Crippen LogP contribution is -2.37. The maximum atomic E-state index is 13.9. The fraction of sp³-hybridized carbons (Fsp3) is 0.459. The molecule has 7 heteroatoms. The molecule has 2 heterocycles. The number of carbonyl (C=O) groups is 4. The van der Waals surface area contributed by atoms with Crippen LogP contribution < -0.4 is 5.73 Å². The van der Waals surface area contributed by atoms with Crippen molar-refractivity contribution >= 4 is 29.7 Å². The van der Waals surface area contributed by atoms with Crippen molar-refractivity contribution in [2.75, 3.05) is 20.1 Å². The van der Waals surface area contributed by atoms with Crippen LogP contribution in [-0.4, -0.2) is 53.6 Å². The molecule has 2 N–H and O–H groups in total. The number of rotatable bonds is 9. The summed E-state index contributed by atoms with van der Waals surface area (Å²) in [5.41, 5.74) is 8.92. The van der Waals surface area contributed by atoms with Gasteiger partial charge in [-0.3, -0.25) is 29.0 Å². The Kier molecular flexibility index (Phi) is 9.07. The summed E-state index contributed by atoms with van der Waals surface area (Å²) in [5.74, 6) is -3.55. The summed E-state index contributed by atoms with van der Waals surface area (Å²) in [6.07, 6.45) is 14.3. The van der Waals surface area contributed by atoms with Crippen LogP contribution in [0, 0.1) is 59.2 Å². The summed E-state index contributed by atoms with van der Waals surface area (Å²) in [6.45, 7) is 12.8. The first-order valence-corrected chi connectivity index (χ1v) is 15.9. The summed E-state index contributed by atoms with van der Waals surface area (Å²) in [4.78, 5) is 57.0. The van der Waals surface area contributed by atoms with E-state index in [1.54, 1.807) is 13.1 Å². The topological polar surface area (TPSA) is 101 Å². The zero-order valence-electron chi connectivity index (χ0n) is 26.4. The summed E-state index contributed by atoms with van der Waals surface area (Å²) in [6, 6.07) is 9.94. The number of nitrogens with zero attached hydrogens (tertiary/aromatic N) is 2. The normalized spacial score (nSPS) is 33.9. The molecule has 0 spiro atoms. The molecule has 232 valence electrons. The van der Waals surface area contributed by atoms with Crippen molar-refractivity contribution in [3.8, 4) is 0 Å². The van der Waals surface area contributed by atoms with Gasteiger partial charge in [-0.05, 0) is 17.4 Å². The molecule has 2 aliphatic heterocycles. The highest BCUT2D eigenvalue weighted by atomic mass is 16.2.